The van der Waals surface area contributed by atoms with Gasteiger partial charge in [-0.1, -0.05) is 22.0 Å². The van der Waals surface area contributed by atoms with E-state index in [1.165, 1.54) is 0 Å². The van der Waals surface area contributed by atoms with Crippen LogP contribution in [0.4, 0.5) is 0 Å². The number of nitrogens with zero attached hydrogens (tertiary/aromatic N) is 1. The summed E-state index contributed by atoms with van der Waals surface area (Å²) >= 11 is 3.35. The van der Waals surface area contributed by atoms with Gasteiger partial charge in [0.15, 0.2) is 0 Å². The first-order valence-electron chi connectivity index (χ1n) is 6.35. The number of amides is 1. The molecular weight excluding hydrogens is 326 g/mol. The van der Waals surface area contributed by atoms with Crippen LogP contribution >= 0.6 is 15.9 Å². The van der Waals surface area contributed by atoms with E-state index in [2.05, 4.69) is 15.9 Å². The fourth-order valence-electron chi connectivity index (χ4n) is 2.27. The Kier molecular flexibility index (Phi) is 4.77. The molecule has 1 aromatic rings. The van der Waals surface area contributed by atoms with Gasteiger partial charge < -0.3 is 14.7 Å². The van der Waals surface area contributed by atoms with Gasteiger partial charge in [-0.05, 0) is 24.6 Å². The predicted molar refractivity (Wildman–Crippen MR) is 76.8 cm³/mol. The predicted octanol–water partition coefficient (Wildman–Crippen LogP) is 2.07. The first kappa shape index (κ1) is 15.0. The van der Waals surface area contributed by atoms with Crippen molar-refractivity contribution < 1.29 is 19.4 Å². The summed E-state index contributed by atoms with van der Waals surface area (Å²) in [5.41, 5.74) is 1.47. The molecule has 1 atom stereocenters. The molecule has 1 fully saturated rings. The maximum Gasteiger partial charge on any atom is 0.305 e. The zero-order valence-electron chi connectivity index (χ0n) is 11.1. The Morgan fingerprint density at radius 3 is 2.95 bits per heavy atom. The quantitative estimate of drug-likeness (QED) is 0.913. The molecule has 1 saturated heterocycles. The first-order chi connectivity index (χ1) is 9.49. The number of ether oxygens (including phenoxy) is 1. The Labute approximate surface area is 125 Å². The molecule has 2 rings (SSSR count). The number of rotatable bonds is 3. The van der Waals surface area contributed by atoms with Gasteiger partial charge in [-0.2, -0.15) is 0 Å². The van der Waals surface area contributed by atoms with Crippen LogP contribution < -0.4 is 0 Å². The second-order valence-electron chi connectivity index (χ2n) is 4.78. The highest BCUT2D eigenvalue weighted by atomic mass is 79.9. The maximum absolute atomic E-state index is 12.6. The summed E-state index contributed by atoms with van der Waals surface area (Å²) < 4.78 is 6.11. The van der Waals surface area contributed by atoms with Crippen LogP contribution in [0.25, 0.3) is 0 Å². The minimum Gasteiger partial charge on any atom is -0.481 e. The topological polar surface area (TPSA) is 66.8 Å². The van der Waals surface area contributed by atoms with Crippen LogP contribution in [0.2, 0.25) is 0 Å². The number of benzene rings is 1. The Morgan fingerprint density at radius 1 is 1.50 bits per heavy atom. The van der Waals surface area contributed by atoms with E-state index in [4.69, 9.17) is 9.84 Å². The van der Waals surface area contributed by atoms with E-state index in [1.807, 2.05) is 19.1 Å². The molecule has 5 nitrogen and oxygen atoms in total. The minimum absolute atomic E-state index is 0.0984. The molecular formula is C14H16BrNO4. The van der Waals surface area contributed by atoms with E-state index in [-0.39, 0.29) is 18.9 Å². The van der Waals surface area contributed by atoms with Gasteiger partial charge >= 0.3 is 5.97 Å². The van der Waals surface area contributed by atoms with Crippen LogP contribution in [0, 0.1) is 6.92 Å². The lowest BCUT2D eigenvalue weighted by atomic mass is 10.1. The molecule has 1 aromatic carbocycles. The zero-order valence-corrected chi connectivity index (χ0v) is 12.7. The molecule has 1 aliphatic heterocycles. The van der Waals surface area contributed by atoms with Crippen molar-refractivity contribution in [3.63, 3.8) is 0 Å². The van der Waals surface area contributed by atoms with Crippen LogP contribution in [0.1, 0.15) is 22.3 Å². The van der Waals surface area contributed by atoms with E-state index in [0.717, 1.165) is 10.0 Å². The maximum atomic E-state index is 12.6. The Bertz CT molecular complexity index is 532. The SMILES string of the molecule is Cc1ccc(Br)cc1C(=O)N1CCOCC1CC(=O)O. The summed E-state index contributed by atoms with van der Waals surface area (Å²) in [7, 11) is 0. The number of halogens is 1. The van der Waals surface area contributed by atoms with Gasteiger partial charge in [0, 0.05) is 16.6 Å². The molecule has 0 aromatic heterocycles. The van der Waals surface area contributed by atoms with Crippen molar-refractivity contribution in [1.82, 2.24) is 4.90 Å². The van der Waals surface area contributed by atoms with Gasteiger partial charge in [-0.25, -0.2) is 0 Å². The van der Waals surface area contributed by atoms with Crippen molar-refractivity contribution in [1.29, 1.82) is 0 Å². The number of hydrogen-bond acceptors (Lipinski definition) is 3. The molecule has 0 bridgehead atoms. The standard InChI is InChI=1S/C14H16BrNO4/c1-9-2-3-10(15)6-12(9)14(19)16-4-5-20-8-11(16)7-13(17)18/h2-3,6,11H,4-5,7-8H2,1H3,(H,17,18). The number of carboxylic acids is 1. The Balaban J connectivity index is 2.25. The molecule has 0 radical (unpaired) electrons. The van der Waals surface area contributed by atoms with E-state index in [9.17, 15) is 9.59 Å². The number of morpholine rings is 1. The number of carbonyl (C=O) groups excluding carboxylic acids is 1. The largest absolute Gasteiger partial charge is 0.481 e. The Morgan fingerprint density at radius 2 is 2.25 bits per heavy atom. The molecule has 1 unspecified atom stereocenters. The second-order valence-corrected chi connectivity index (χ2v) is 5.70. The monoisotopic (exact) mass is 341 g/mol. The molecule has 0 aliphatic carbocycles. The van der Waals surface area contributed by atoms with Crippen molar-refractivity contribution in [2.45, 2.75) is 19.4 Å². The van der Waals surface area contributed by atoms with Crippen molar-refractivity contribution in [3.05, 3.63) is 33.8 Å². The van der Waals surface area contributed by atoms with E-state index >= 15 is 0 Å². The van der Waals surface area contributed by atoms with Gasteiger partial charge in [0.25, 0.3) is 5.91 Å². The van der Waals surface area contributed by atoms with Crippen LogP contribution in [-0.4, -0.2) is 47.7 Å². The second kappa shape index (κ2) is 6.37. The summed E-state index contributed by atoms with van der Waals surface area (Å²) in [6, 6.07) is 5.10. The number of aliphatic carboxylic acids is 1. The third-order valence-electron chi connectivity index (χ3n) is 3.33. The van der Waals surface area contributed by atoms with Gasteiger partial charge in [0.2, 0.25) is 0 Å². The van der Waals surface area contributed by atoms with Crippen LogP contribution in [0.3, 0.4) is 0 Å². The summed E-state index contributed by atoms with van der Waals surface area (Å²) in [5.74, 6) is -1.07. The van der Waals surface area contributed by atoms with Crippen LogP contribution in [0.5, 0.6) is 0 Å². The highest BCUT2D eigenvalue weighted by molar-refractivity contribution is 9.10. The fraction of sp³-hybridized carbons (Fsp3) is 0.429. The summed E-state index contributed by atoms with van der Waals surface area (Å²) in [6.45, 7) is 3.00. The summed E-state index contributed by atoms with van der Waals surface area (Å²) in [4.78, 5) is 25.1. The van der Waals surface area contributed by atoms with Crippen molar-refractivity contribution in [2.75, 3.05) is 19.8 Å². The number of aryl methyl sites for hydroxylation is 1. The van der Waals surface area contributed by atoms with E-state index in [1.54, 1.807) is 11.0 Å². The lowest BCUT2D eigenvalue weighted by Crippen LogP contribution is -2.49. The normalized spacial score (nSPS) is 18.9. The Hall–Kier alpha value is -1.40. The highest BCUT2D eigenvalue weighted by Gasteiger charge is 2.30. The summed E-state index contributed by atoms with van der Waals surface area (Å²) in [5, 5.41) is 8.93. The van der Waals surface area contributed by atoms with E-state index in [0.29, 0.717) is 18.7 Å². The molecule has 108 valence electrons. The van der Waals surface area contributed by atoms with Gasteiger partial charge in [0.1, 0.15) is 0 Å². The van der Waals surface area contributed by atoms with Crippen molar-refractivity contribution in [2.24, 2.45) is 0 Å². The molecule has 20 heavy (non-hydrogen) atoms. The van der Waals surface area contributed by atoms with Crippen LogP contribution in [-0.2, 0) is 9.53 Å². The number of carbonyl (C=O) groups is 2. The molecule has 1 amide bonds. The zero-order chi connectivity index (χ0) is 14.7. The number of hydrogen-bond donors (Lipinski definition) is 1. The molecule has 1 N–H and O–H groups in total. The average Bonchev–Trinajstić information content (AvgIpc) is 2.41. The molecule has 1 aliphatic rings. The smallest absolute Gasteiger partial charge is 0.305 e. The lowest BCUT2D eigenvalue weighted by molar-refractivity contribution is -0.139. The molecule has 0 saturated carbocycles. The fourth-order valence-corrected chi connectivity index (χ4v) is 2.63. The van der Waals surface area contributed by atoms with Crippen molar-refractivity contribution >= 4 is 27.8 Å². The molecule has 6 heteroatoms. The van der Waals surface area contributed by atoms with Gasteiger partial charge in [-0.3, -0.25) is 9.59 Å². The van der Waals surface area contributed by atoms with Crippen LogP contribution in [0.15, 0.2) is 22.7 Å². The third-order valence-corrected chi connectivity index (χ3v) is 3.82. The average molecular weight is 342 g/mol. The van der Waals surface area contributed by atoms with Gasteiger partial charge in [0.05, 0.1) is 25.7 Å². The summed E-state index contributed by atoms with van der Waals surface area (Å²) in [6.07, 6.45) is -0.0984. The third kappa shape index (κ3) is 3.37. The number of carboxylic acid groups (broad SMARTS) is 1. The molecule has 0 spiro atoms. The molecule has 1 heterocycles. The van der Waals surface area contributed by atoms with Gasteiger partial charge in [-0.15, -0.1) is 0 Å². The lowest BCUT2D eigenvalue weighted by Gasteiger charge is -2.35. The highest BCUT2D eigenvalue weighted by Crippen LogP contribution is 2.21. The van der Waals surface area contributed by atoms with E-state index < -0.39 is 12.0 Å². The van der Waals surface area contributed by atoms with Crippen molar-refractivity contribution in [3.8, 4) is 0 Å². The minimum atomic E-state index is -0.927. The first-order valence-corrected chi connectivity index (χ1v) is 7.15.